The van der Waals surface area contributed by atoms with Crippen molar-refractivity contribution >= 4 is 11.8 Å². The Morgan fingerprint density at radius 1 is 0.608 bits per heavy atom. The summed E-state index contributed by atoms with van der Waals surface area (Å²) in [7, 11) is 0. The maximum atomic E-state index is 13.8. The molecule has 2 amide bonds. The molecule has 1 N–H and O–H groups in total. The van der Waals surface area contributed by atoms with E-state index in [9.17, 15) is 14.7 Å². The number of aromatic hydroxyl groups is 1. The second kappa shape index (κ2) is 14.5. The minimum Gasteiger partial charge on any atom is -0.508 e. The van der Waals surface area contributed by atoms with Gasteiger partial charge in [0.05, 0.1) is 10.8 Å². The number of rotatable bonds is 6. The summed E-state index contributed by atoms with van der Waals surface area (Å²) in [5.74, 6) is 1.81. The van der Waals surface area contributed by atoms with E-state index in [1.807, 2.05) is 6.07 Å². The first-order valence-electron chi connectivity index (χ1n) is 20.4. The molecule has 0 aromatic heterocycles. The van der Waals surface area contributed by atoms with Crippen LogP contribution in [0.4, 0.5) is 0 Å². The Balaban J connectivity index is 0.000000198. The molecule has 5 heteroatoms. The van der Waals surface area contributed by atoms with Gasteiger partial charge < -0.3 is 14.9 Å². The van der Waals surface area contributed by atoms with E-state index < -0.39 is 0 Å². The number of nitrogens with zero attached hydrogens (tertiary/aromatic N) is 2. The molecule has 6 rings (SSSR count). The Morgan fingerprint density at radius 2 is 1.02 bits per heavy atom. The molecule has 2 aromatic rings. The molecule has 0 unspecified atom stereocenters. The first-order valence-corrected chi connectivity index (χ1v) is 20.4. The minimum atomic E-state index is -0.329. The van der Waals surface area contributed by atoms with E-state index >= 15 is 0 Å². The van der Waals surface area contributed by atoms with Gasteiger partial charge in [-0.25, -0.2) is 0 Å². The van der Waals surface area contributed by atoms with Crippen LogP contribution in [0, 0.1) is 22.7 Å². The van der Waals surface area contributed by atoms with E-state index in [1.54, 1.807) is 6.07 Å². The molecule has 0 radical (unpaired) electrons. The molecule has 0 spiro atoms. The topological polar surface area (TPSA) is 60.9 Å². The van der Waals surface area contributed by atoms with Gasteiger partial charge in [0.2, 0.25) is 11.8 Å². The van der Waals surface area contributed by atoms with Gasteiger partial charge in [-0.2, -0.15) is 0 Å². The van der Waals surface area contributed by atoms with Gasteiger partial charge in [0.1, 0.15) is 5.75 Å². The Hall–Kier alpha value is -2.82. The second-order valence-corrected chi connectivity index (χ2v) is 18.9. The zero-order valence-corrected chi connectivity index (χ0v) is 34.2. The monoisotopic (exact) mass is 699 g/mol. The average Bonchev–Trinajstić information content (AvgIpc) is 3.04. The molecule has 282 valence electrons. The van der Waals surface area contributed by atoms with Gasteiger partial charge in [-0.3, -0.25) is 9.59 Å². The Morgan fingerprint density at radius 3 is 1.47 bits per heavy atom. The van der Waals surface area contributed by atoms with Gasteiger partial charge in [-0.15, -0.1) is 0 Å². The van der Waals surface area contributed by atoms with E-state index in [-0.39, 0.29) is 45.8 Å². The van der Waals surface area contributed by atoms with E-state index in [4.69, 9.17) is 0 Å². The molecule has 6 atom stereocenters. The van der Waals surface area contributed by atoms with Crippen molar-refractivity contribution in [3.8, 4) is 5.75 Å². The van der Waals surface area contributed by atoms with Gasteiger partial charge in [-0.05, 0) is 164 Å². The van der Waals surface area contributed by atoms with Crippen molar-refractivity contribution in [3.63, 3.8) is 0 Å². The quantitative estimate of drug-likeness (QED) is 0.327. The average molecular weight is 699 g/mol. The van der Waals surface area contributed by atoms with Crippen LogP contribution in [-0.2, 0) is 33.3 Å². The number of fused-ring (bicyclic) bond motifs is 6. The first kappa shape index (κ1) is 39.4. The van der Waals surface area contributed by atoms with Crippen molar-refractivity contribution in [1.29, 1.82) is 0 Å². The van der Waals surface area contributed by atoms with Crippen molar-refractivity contribution in [1.82, 2.24) is 9.80 Å². The van der Waals surface area contributed by atoms with Crippen LogP contribution in [0.2, 0.25) is 0 Å². The van der Waals surface area contributed by atoms with E-state index in [1.165, 1.54) is 28.7 Å². The molecule has 0 bridgehead atoms. The number of phenolic OH excluding ortho intramolecular Hbond substituents is 1. The molecule has 0 saturated heterocycles. The molecule has 4 aliphatic rings. The van der Waals surface area contributed by atoms with Gasteiger partial charge in [0.15, 0.2) is 0 Å². The van der Waals surface area contributed by atoms with Gasteiger partial charge in [0, 0.05) is 24.2 Å². The van der Waals surface area contributed by atoms with Crippen molar-refractivity contribution < 1.29 is 14.7 Å². The number of aryl methyl sites for hydroxylation is 2. The molecule has 2 aromatic carbocycles. The lowest BCUT2D eigenvalue weighted by Gasteiger charge is -2.56. The number of benzene rings is 2. The molecular weight excluding hydrogens is 629 g/mol. The van der Waals surface area contributed by atoms with Crippen LogP contribution in [0.3, 0.4) is 0 Å². The summed E-state index contributed by atoms with van der Waals surface area (Å²) in [5.41, 5.74) is 5.16. The summed E-state index contributed by atoms with van der Waals surface area (Å²) in [4.78, 5) is 31.7. The van der Waals surface area contributed by atoms with Crippen LogP contribution in [0.1, 0.15) is 157 Å². The molecular formula is C46H70N2O3. The Labute approximate surface area is 311 Å². The fraction of sp³-hybridized carbons (Fsp3) is 0.696. The number of carbonyl (C=O) groups is 2. The van der Waals surface area contributed by atoms with Gasteiger partial charge in [-0.1, -0.05) is 70.9 Å². The van der Waals surface area contributed by atoms with Crippen LogP contribution >= 0.6 is 0 Å². The van der Waals surface area contributed by atoms with Crippen molar-refractivity contribution in [2.24, 2.45) is 22.7 Å². The number of amides is 2. The van der Waals surface area contributed by atoms with Gasteiger partial charge >= 0.3 is 0 Å². The van der Waals surface area contributed by atoms with Crippen LogP contribution < -0.4 is 0 Å². The molecule has 0 heterocycles. The largest absolute Gasteiger partial charge is 0.508 e. The van der Waals surface area contributed by atoms with Crippen LogP contribution in [0.5, 0.6) is 5.75 Å². The highest BCUT2D eigenvalue weighted by Crippen LogP contribution is 2.59. The predicted molar refractivity (Wildman–Crippen MR) is 211 cm³/mol. The maximum Gasteiger partial charge on any atom is 0.229 e. The summed E-state index contributed by atoms with van der Waals surface area (Å²) in [6.07, 6.45) is 10.8. The van der Waals surface area contributed by atoms with E-state index in [0.717, 1.165) is 57.8 Å². The second-order valence-electron chi connectivity index (χ2n) is 18.9. The zero-order chi connectivity index (χ0) is 37.7. The van der Waals surface area contributed by atoms with Crippen molar-refractivity contribution in [3.05, 3.63) is 64.7 Å². The van der Waals surface area contributed by atoms with Gasteiger partial charge in [0.25, 0.3) is 0 Å². The lowest BCUT2D eigenvalue weighted by atomic mass is 9.49. The maximum absolute atomic E-state index is 13.8. The number of hydrogen-bond acceptors (Lipinski definition) is 3. The standard InChI is InChI=1S/C23H35NO2.C23H35NO/c1-15(2)24(16(3)4)21(26)23(6)13-7-12-22(5)19-14-18(25)10-8-17(19)9-11-20(22)23;1-16(2)24(17(3)4)21(25)23(6)15-9-14-22(5)19-11-8-7-10-18(19)12-13-20(22)23/h8,10,14-16,20,25H,7,9,11-13H2,1-6H3;7-8,10-11,16-17,20H,9,12-15H2,1-6H3/t2*20-,22-,23+/m11/s1. The first-order chi connectivity index (χ1) is 23.8. The zero-order valence-electron chi connectivity index (χ0n) is 34.2. The van der Waals surface area contributed by atoms with E-state index in [0.29, 0.717) is 29.4 Å². The highest BCUT2D eigenvalue weighted by atomic mass is 16.3. The summed E-state index contributed by atoms with van der Waals surface area (Å²) < 4.78 is 0. The molecule has 2 saturated carbocycles. The third kappa shape index (κ3) is 6.78. The third-order valence-electron chi connectivity index (χ3n) is 14.3. The summed E-state index contributed by atoms with van der Waals surface area (Å²) in [6, 6.07) is 15.7. The highest BCUT2D eigenvalue weighted by Gasteiger charge is 2.57. The van der Waals surface area contributed by atoms with E-state index in [2.05, 4.69) is 123 Å². The van der Waals surface area contributed by atoms with Crippen molar-refractivity contribution in [2.45, 2.75) is 182 Å². The number of phenols is 1. The highest BCUT2D eigenvalue weighted by molar-refractivity contribution is 5.84. The molecule has 4 aliphatic carbocycles. The predicted octanol–water partition coefficient (Wildman–Crippen LogP) is 10.4. The molecule has 0 aliphatic heterocycles. The van der Waals surface area contributed by atoms with Crippen LogP contribution in [0.25, 0.3) is 0 Å². The lowest BCUT2D eigenvalue weighted by molar-refractivity contribution is -0.155. The lowest BCUT2D eigenvalue weighted by Crippen LogP contribution is -2.58. The fourth-order valence-electron chi connectivity index (χ4n) is 12.1. The fourth-order valence-corrected chi connectivity index (χ4v) is 12.1. The number of hydrogen-bond donors (Lipinski definition) is 1. The van der Waals surface area contributed by atoms with Crippen molar-refractivity contribution in [2.75, 3.05) is 0 Å². The molecule has 2 fully saturated rings. The summed E-state index contributed by atoms with van der Waals surface area (Å²) in [5, 5.41) is 10.1. The molecule has 51 heavy (non-hydrogen) atoms. The summed E-state index contributed by atoms with van der Waals surface area (Å²) >= 11 is 0. The Bertz CT molecular complexity index is 1560. The third-order valence-corrected chi connectivity index (χ3v) is 14.3. The molecule has 5 nitrogen and oxygen atoms in total. The normalized spacial score (nSPS) is 31.2. The Kier molecular flexibility index (Phi) is 11.2. The minimum absolute atomic E-state index is 0.0331. The van der Waals surface area contributed by atoms with Crippen LogP contribution in [0.15, 0.2) is 42.5 Å². The number of carbonyl (C=O) groups excluding carboxylic acids is 2. The van der Waals surface area contributed by atoms with Crippen LogP contribution in [-0.4, -0.2) is 50.9 Å². The SMILES string of the molecule is CC(C)N(C(=O)[C@@]1(C)CCC[C@]2(C)c3cc(O)ccc3CC[C@@H]12)C(C)C.CC(C)N(C(=O)[C@@]1(C)CCC[C@]2(C)c3ccccc3CC[C@@H]12)C(C)C. The summed E-state index contributed by atoms with van der Waals surface area (Å²) in [6.45, 7) is 26.3. The smallest absolute Gasteiger partial charge is 0.229 e.